The van der Waals surface area contributed by atoms with Crippen LogP contribution in [0, 0.1) is 0 Å². The molecule has 2 aliphatic rings. The number of aromatic nitrogens is 1. The second-order valence-electron chi connectivity index (χ2n) is 5.88. The summed E-state index contributed by atoms with van der Waals surface area (Å²) in [7, 11) is 0. The first-order valence-electron chi connectivity index (χ1n) is 7.82. The van der Waals surface area contributed by atoms with Crippen LogP contribution in [-0.4, -0.2) is 23.5 Å². The highest BCUT2D eigenvalue weighted by atomic mass is 32.1. The number of hydrogen-bond acceptors (Lipinski definition) is 4. The van der Waals surface area contributed by atoms with E-state index in [0.29, 0.717) is 17.8 Å². The second kappa shape index (κ2) is 6.68. The SMILES string of the molecule is O=C(NC1CCCCCC1)c1csc(C2CCCN2)n1. The quantitative estimate of drug-likeness (QED) is 0.842. The molecule has 4 nitrogen and oxygen atoms in total. The molecule has 1 aliphatic heterocycles. The molecule has 0 radical (unpaired) electrons. The monoisotopic (exact) mass is 293 g/mol. The molecule has 1 saturated heterocycles. The van der Waals surface area contributed by atoms with Crippen molar-refractivity contribution in [3.8, 4) is 0 Å². The maximum Gasteiger partial charge on any atom is 0.270 e. The van der Waals surface area contributed by atoms with E-state index in [1.54, 1.807) is 11.3 Å². The third kappa shape index (κ3) is 3.38. The van der Waals surface area contributed by atoms with E-state index in [1.807, 2.05) is 5.38 Å². The van der Waals surface area contributed by atoms with Crippen molar-refractivity contribution in [2.75, 3.05) is 6.54 Å². The van der Waals surface area contributed by atoms with Gasteiger partial charge in [0.05, 0.1) is 6.04 Å². The molecule has 2 fully saturated rings. The Morgan fingerprint density at radius 1 is 1.20 bits per heavy atom. The molecule has 1 unspecified atom stereocenters. The molecule has 0 aromatic carbocycles. The van der Waals surface area contributed by atoms with E-state index in [0.717, 1.165) is 30.8 Å². The summed E-state index contributed by atoms with van der Waals surface area (Å²) >= 11 is 1.61. The van der Waals surface area contributed by atoms with Gasteiger partial charge in [0.2, 0.25) is 0 Å². The van der Waals surface area contributed by atoms with E-state index in [1.165, 1.54) is 32.1 Å². The van der Waals surface area contributed by atoms with E-state index in [2.05, 4.69) is 15.6 Å². The molecule has 1 amide bonds. The fourth-order valence-electron chi connectivity index (χ4n) is 3.13. The first-order valence-corrected chi connectivity index (χ1v) is 8.70. The summed E-state index contributed by atoms with van der Waals surface area (Å²) in [5.74, 6) is 0.0115. The topological polar surface area (TPSA) is 54.0 Å². The van der Waals surface area contributed by atoms with Crippen LogP contribution in [0.25, 0.3) is 0 Å². The number of carbonyl (C=O) groups excluding carboxylic acids is 1. The van der Waals surface area contributed by atoms with Crippen LogP contribution in [0.15, 0.2) is 5.38 Å². The molecule has 0 spiro atoms. The smallest absolute Gasteiger partial charge is 0.270 e. The molecule has 110 valence electrons. The third-order valence-electron chi connectivity index (χ3n) is 4.30. The maximum atomic E-state index is 12.3. The molecule has 1 aromatic rings. The van der Waals surface area contributed by atoms with Crippen LogP contribution >= 0.6 is 11.3 Å². The minimum Gasteiger partial charge on any atom is -0.348 e. The molecule has 2 N–H and O–H groups in total. The molecule has 1 saturated carbocycles. The van der Waals surface area contributed by atoms with Gasteiger partial charge in [-0.25, -0.2) is 4.98 Å². The molecular formula is C15H23N3OS. The van der Waals surface area contributed by atoms with Gasteiger partial charge in [-0.05, 0) is 32.2 Å². The fourth-order valence-corrected chi connectivity index (χ4v) is 4.04. The van der Waals surface area contributed by atoms with Crippen molar-refractivity contribution < 1.29 is 4.79 Å². The van der Waals surface area contributed by atoms with Gasteiger partial charge in [-0.1, -0.05) is 25.7 Å². The predicted octanol–water partition coefficient (Wildman–Crippen LogP) is 3.02. The standard InChI is InChI=1S/C15H23N3OS/c19-14(17-11-6-3-1-2-4-7-11)13-10-20-15(18-13)12-8-5-9-16-12/h10-12,16H,1-9H2,(H,17,19). The zero-order chi connectivity index (χ0) is 13.8. The molecule has 1 aromatic heterocycles. The number of nitrogens with zero attached hydrogens (tertiary/aromatic N) is 1. The lowest BCUT2D eigenvalue weighted by Gasteiger charge is -2.15. The number of rotatable bonds is 3. The van der Waals surface area contributed by atoms with Gasteiger partial charge in [-0.3, -0.25) is 4.79 Å². The van der Waals surface area contributed by atoms with E-state index >= 15 is 0 Å². The van der Waals surface area contributed by atoms with E-state index < -0.39 is 0 Å². The van der Waals surface area contributed by atoms with Crippen molar-refractivity contribution >= 4 is 17.2 Å². The Morgan fingerprint density at radius 2 is 2.00 bits per heavy atom. The molecule has 1 aliphatic carbocycles. The summed E-state index contributed by atoms with van der Waals surface area (Å²) in [5.41, 5.74) is 0.600. The largest absolute Gasteiger partial charge is 0.348 e. The molecular weight excluding hydrogens is 270 g/mol. The zero-order valence-electron chi connectivity index (χ0n) is 11.9. The van der Waals surface area contributed by atoms with Gasteiger partial charge in [-0.15, -0.1) is 11.3 Å². The Kier molecular flexibility index (Phi) is 4.68. The van der Waals surface area contributed by atoms with Gasteiger partial charge >= 0.3 is 0 Å². The lowest BCUT2D eigenvalue weighted by molar-refractivity contribution is 0.0929. The molecule has 3 rings (SSSR count). The van der Waals surface area contributed by atoms with Crippen molar-refractivity contribution in [2.24, 2.45) is 0 Å². The summed E-state index contributed by atoms with van der Waals surface area (Å²) in [6.45, 7) is 1.06. The number of amides is 1. The molecule has 20 heavy (non-hydrogen) atoms. The third-order valence-corrected chi connectivity index (χ3v) is 5.26. The van der Waals surface area contributed by atoms with Crippen LogP contribution in [0.1, 0.15) is 72.9 Å². The Bertz CT molecular complexity index is 446. The normalized spacial score (nSPS) is 24.5. The minimum absolute atomic E-state index is 0.0115. The van der Waals surface area contributed by atoms with Crippen LogP contribution in [0.3, 0.4) is 0 Å². The van der Waals surface area contributed by atoms with Gasteiger partial charge in [0, 0.05) is 11.4 Å². The van der Waals surface area contributed by atoms with Crippen LogP contribution in [0.4, 0.5) is 0 Å². The number of nitrogens with one attached hydrogen (secondary N) is 2. The average molecular weight is 293 g/mol. The minimum atomic E-state index is 0.0115. The van der Waals surface area contributed by atoms with Gasteiger partial charge in [-0.2, -0.15) is 0 Å². The lowest BCUT2D eigenvalue weighted by Crippen LogP contribution is -2.34. The van der Waals surface area contributed by atoms with E-state index in [-0.39, 0.29) is 5.91 Å². The Balaban J connectivity index is 1.58. The predicted molar refractivity (Wildman–Crippen MR) is 81.0 cm³/mol. The van der Waals surface area contributed by atoms with E-state index in [9.17, 15) is 4.79 Å². The van der Waals surface area contributed by atoms with Gasteiger partial charge in [0.1, 0.15) is 10.7 Å². The van der Waals surface area contributed by atoms with Crippen molar-refractivity contribution in [2.45, 2.75) is 63.5 Å². The number of thiazole rings is 1. The van der Waals surface area contributed by atoms with Crippen molar-refractivity contribution in [3.05, 3.63) is 16.1 Å². The van der Waals surface area contributed by atoms with Gasteiger partial charge in [0.25, 0.3) is 5.91 Å². The van der Waals surface area contributed by atoms with Gasteiger partial charge < -0.3 is 10.6 Å². The van der Waals surface area contributed by atoms with Crippen molar-refractivity contribution in [1.82, 2.24) is 15.6 Å². The molecule has 5 heteroatoms. The van der Waals surface area contributed by atoms with Crippen molar-refractivity contribution in [3.63, 3.8) is 0 Å². The van der Waals surface area contributed by atoms with Gasteiger partial charge in [0.15, 0.2) is 0 Å². The van der Waals surface area contributed by atoms with Crippen LogP contribution < -0.4 is 10.6 Å². The summed E-state index contributed by atoms with van der Waals surface area (Å²) in [5, 5.41) is 9.56. The highest BCUT2D eigenvalue weighted by Crippen LogP contribution is 2.26. The highest BCUT2D eigenvalue weighted by molar-refractivity contribution is 7.09. The van der Waals surface area contributed by atoms with Crippen LogP contribution in [-0.2, 0) is 0 Å². The second-order valence-corrected chi connectivity index (χ2v) is 6.77. The summed E-state index contributed by atoms with van der Waals surface area (Å²) in [6, 6.07) is 0.708. The highest BCUT2D eigenvalue weighted by Gasteiger charge is 2.22. The van der Waals surface area contributed by atoms with Crippen molar-refractivity contribution in [1.29, 1.82) is 0 Å². The fraction of sp³-hybridized carbons (Fsp3) is 0.733. The van der Waals surface area contributed by atoms with Crippen LogP contribution in [0.2, 0.25) is 0 Å². The molecule has 2 heterocycles. The average Bonchev–Trinajstić information content (AvgIpc) is 3.07. The first kappa shape index (κ1) is 14.0. The maximum absolute atomic E-state index is 12.3. The Labute approximate surface area is 124 Å². The Hall–Kier alpha value is -0.940. The summed E-state index contributed by atoms with van der Waals surface area (Å²) in [4.78, 5) is 16.8. The number of hydrogen-bond donors (Lipinski definition) is 2. The van der Waals surface area contributed by atoms with Crippen LogP contribution in [0.5, 0.6) is 0 Å². The Morgan fingerprint density at radius 3 is 2.70 bits per heavy atom. The summed E-state index contributed by atoms with van der Waals surface area (Å²) < 4.78 is 0. The molecule has 1 atom stereocenters. The summed E-state index contributed by atoms with van der Waals surface area (Å²) in [6.07, 6.45) is 9.66. The zero-order valence-corrected chi connectivity index (χ0v) is 12.7. The molecule has 0 bridgehead atoms. The lowest BCUT2D eigenvalue weighted by atomic mass is 10.1. The van der Waals surface area contributed by atoms with E-state index in [4.69, 9.17) is 0 Å². The first-order chi connectivity index (χ1) is 9.83. The number of carbonyl (C=O) groups is 1.